The number of morpholine rings is 1. The Kier molecular flexibility index (Phi) is 6.40. The first-order valence-corrected chi connectivity index (χ1v) is 11.6. The highest BCUT2D eigenvalue weighted by Gasteiger charge is 2.30. The highest BCUT2D eigenvalue weighted by atomic mass is 35.5. The number of ether oxygens (including phenoxy) is 1. The Bertz CT molecular complexity index is 1250. The maximum absolute atomic E-state index is 12.1. The molecule has 1 unspecified atom stereocenters. The number of carboxylic acid groups (broad SMARTS) is 1. The molecule has 3 heterocycles. The molecule has 14 heteroatoms. The summed E-state index contributed by atoms with van der Waals surface area (Å²) in [6, 6.07) is 5.31. The lowest BCUT2D eigenvalue weighted by Gasteiger charge is -2.31. The summed E-state index contributed by atoms with van der Waals surface area (Å²) in [5, 5.41) is 13.3. The van der Waals surface area contributed by atoms with Crippen molar-refractivity contribution in [3.05, 3.63) is 47.0 Å². The highest BCUT2D eigenvalue weighted by molar-refractivity contribution is 7.87. The number of pyridine rings is 1. The van der Waals surface area contributed by atoms with E-state index in [1.54, 1.807) is 30.9 Å². The Balaban J connectivity index is 1.57. The van der Waals surface area contributed by atoms with Crippen molar-refractivity contribution in [2.75, 3.05) is 31.6 Å². The predicted octanol–water partition coefficient (Wildman–Crippen LogP) is 2.35. The van der Waals surface area contributed by atoms with Crippen molar-refractivity contribution in [1.29, 1.82) is 0 Å². The van der Waals surface area contributed by atoms with Crippen molar-refractivity contribution in [3.8, 4) is 5.69 Å². The zero-order valence-corrected chi connectivity index (χ0v) is 18.7. The third-order valence-corrected chi connectivity index (χ3v) is 7.04. The quantitative estimate of drug-likeness (QED) is 0.468. The van der Waals surface area contributed by atoms with Crippen LogP contribution in [0.3, 0.4) is 0 Å². The average molecular weight is 501 g/mol. The number of fused-ring (bicyclic) bond motifs is 1. The van der Waals surface area contributed by atoms with Crippen LogP contribution in [0.2, 0.25) is 10.0 Å². The van der Waals surface area contributed by atoms with E-state index in [0.717, 1.165) is 15.4 Å². The van der Waals surface area contributed by atoms with Crippen LogP contribution < -0.4 is 10.0 Å². The highest BCUT2D eigenvalue weighted by Crippen LogP contribution is 2.34. The van der Waals surface area contributed by atoms with E-state index >= 15 is 0 Å². The van der Waals surface area contributed by atoms with Gasteiger partial charge in [-0.2, -0.15) is 12.7 Å². The number of rotatable bonds is 6. The van der Waals surface area contributed by atoms with E-state index in [1.165, 1.54) is 4.72 Å². The van der Waals surface area contributed by atoms with Crippen LogP contribution in [0.4, 0.5) is 10.6 Å². The lowest BCUT2D eigenvalue weighted by atomic mass is 10.1. The number of aromatic nitrogens is 3. The SMILES string of the molecule is O=C(O)NS(=O)(=O)N1CCOC(CNc2cc(-n3ccnc3)c3ccc(Cl)c(Cl)c3n2)C1. The van der Waals surface area contributed by atoms with Gasteiger partial charge in [0.2, 0.25) is 0 Å². The lowest BCUT2D eigenvalue weighted by Crippen LogP contribution is -2.52. The molecule has 32 heavy (non-hydrogen) atoms. The number of amides is 1. The second-order valence-electron chi connectivity index (χ2n) is 6.90. The van der Waals surface area contributed by atoms with Gasteiger partial charge in [-0.3, -0.25) is 0 Å². The van der Waals surface area contributed by atoms with E-state index in [9.17, 15) is 13.2 Å². The number of anilines is 1. The first-order chi connectivity index (χ1) is 15.2. The minimum atomic E-state index is -4.16. The van der Waals surface area contributed by atoms with E-state index in [-0.39, 0.29) is 26.2 Å². The summed E-state index contributed by atoms with van der Waals surface area (Å²) < 4.78 is 34.2. The van der Waals surface area contributed by atoms with Gasteiger partial charge >= 0.3 is 16.3 Å². The van der Waals surface area contributed by atoms with E-state index < -0.39 is 22.4 Å². The Morgan fingerprint density at radius 1 is 1.34 bits per heavy atom. The van der Waals surface area contributed by atoms with Crippen molar-refractivity contribution in [1.82, 2.24) is 23.6 Å². The summed E-state index contributed by atoms with van der Waals surface area (Å²) in [4.78, 5) is 19.4. The van der Waals surface area contributed by atoms with Crippen molar-refractivity contribution in [3.63, 3.8) is 0 Å². The van der Waals surface area contributed by atoms with Crippen molar-refractivity contribution < 1.29 is 23.1 Å². The van der Waals surface area contributed by atoms with Gasteiger partial charge in [-0.05, 0) is 12.1 Å². The molecule has 3 N–H and O–H groups in total. The van der Waals surface area contributed by atoms with Crippen LogP contribution in [0, 0.1) is 0 Å². The molecule has 1 atom stereocenters. The molecule has 0 saturated carbocycles. The van der Waals surface area contributed by atoms with E-state index in [2.05, 4.69) is 15.3 Å². The van der Waals surface area contributed by atoms with Gasteiger partial charge < -0.3 is 19.7 Å². The number of imidazole rings is 1. The molecule has 1 fully saturated rings. The van der Waals surface area contributed by atoms with Gasteiger partial charge in [0.25, 0.3) is 0 Å². The maximum Gasteiger partial charge on any atom is 0.419 e. The molecule has 3 aromatic rings. The van der Waals surface area contributed by atoms with Crippen LogP contribution in [-0.4, -0.2) is 70.8 Å². The minimum absolute atomic E-state index is 0.0237. The topological polar surface area (TPSA) is 139 Å². The van der Waals surface area contributed by atoms with Gasteiger partial charge in [0, 0.05) is 43.5 Å². The zero-order valence-electron chi connectivity index (χ0n) is 16.4. The second-order valence-corrected chi connectivity index (χ2v) is 9.35. The number of halogens is 2. The number of nitrogens with zero attached hydrogens (tertiary/aromatic N) is 4. The largest absolute Gasteiger partial charge is 0.464 e. The van der Waals surface area contributed by atoms with Crippen molar-refractivity contribution in [2.45, 2.75) is 6.10 Å². The first-order valence-electron chi connectivity index (χ1n) is 9.38. The summed E-state index contributed by atoms with van der Waals surface area (Å²) >= 11 is 12.6. The van der Waals surface area contributed by atoms with Crippen LogP contribution in [-0.2, 0) is 14.9 Å². The summed E-state index contributed by atoms with van der Waals surface area (Å²) in [7, 11) is -4.16. The van der Waals surface area contributed by atoms with E-state index in [1.807, 2.05) is 10.6 Å². The minimum Gasteiger partial charge on any atom is -0.464 e. The molecule has 2 aromatic heterocycles. The second kappa shape index (κ2) is 9.08. The Labute approximate surface area is 193 Å². The van der Waals surface area contributed by atoms with Crippen LogP contribution in [0.1, 0.15) is 0 Å². The van der Waals surface area contributed by atoms with Crippen molar-refractivity contribution >= 4 is 56.2 Å². The number of hydrogen-bond donors (Lipinski definition) is 3. The van der Waals surface area contributed by atoms with Gasteiger partial charge in [-0.15, -0.1) is 0 Å². The third kappa shape index (κ3) is 4.74. The standard InChI is InChI=1S/C18H18Cl2N6O5S/c19-13-2-1-12-14(25-4-3-21-10-25)7-15(23-17(12)16(13)20)22-8-11-9-26(5-6-31-11)32(29,30)24-18(27)28/h1-4,7,10-11,24H,5-6,8-9H2,(H,22,23)(H,27,28). The predicted molar refractivity (Wildman–Crippen MR) is 119 cm³/mol. The Hall–Kier alpha value is -2.64. The van der Waals surface area contributed by atoms with Gasteiger partial charge in [0.15, 0.2) is 0 Å². The molecular formula is C18H18Cl2N6O5S. The molecule has 1 aliphatic rings. The average Bonchev–Trinajstić information content (AvgIpc) is 3.29. The molecule has 1 amide bonds. The number of benzene rings is 1. The van der Waals surface area contributed by atoms with Crippen LogP contribution in [0.15, 0.2) is 36.9 Å². The van der Waals surface area contributed by atoms with Crippen molar-refractivity contribution in [2.24, 2.45) is 0 Å². The summed E-state index contributed by atoms with van der Waals surface area (Å²) in [6.07, 6.45) is 2.90. The van der Waals surface area contributed by atoms with Gasteiger partial charge in [-0.25, -0.2) is 19.5 Å². The van der Waals surface area contributed by atoms with E-state index in [4.69, 9.17) is 33.0 Å². The maximum atomic E-state index is 12.1. The van der Waals surface area contributed by atoms with E-state index in [0.29, 0.717) is 21.4 Å². The number of carbonyl (C=O) groups is 1. The van der Waals surface area contributed by atoms with Gasteiger partial charge in [0.1, 0.15) is 5.82 Å². The monoisotopic (exact) mass is 500 g/mol. The molecule has 4 rings (SSSR count). The molecule has 0 aliphatic carbocycles. The molecule has 0 bridgehead atoms. The molecule has 0 radical (unpaired) electrons. The van der Waals surface area contributed by atoms with Gasteiger partial charge in [-0.1, -0.05) is 23.2 Å². The normalized spacial score (nSPS) is 17.4. The molecule has 170 valence electrons. The van der Waals surface area contributed by atoms with Gasteiger partial charge in [0.05, 0.1) is 40.3 Å². The Morgan fingerprint density at radius 3 is 2.88 bits per heavy atom. The summed E-state index contributed by atoms with van der Waals surface area (Å²) in [5.74, 6) is 0.470. The smallest absolute Gasteiger partial charge is 0.419 e. The number of nitrogens with one attached hydrogen (secondary N) is 2. The molecule has 0 spiro atoms. The van der Waals surface area contributed by atoms with Crippen LogP contribution in [0.5, 0.6) is 0 Å². The third-order valence-electron chi connectivity index (χ3n) is 4.80. The molecule has 1 aliphatic heterocycles. The lowest BCUT2D eigenvalue weighted by molar-refractivity contribution is 0.00644. The summed E-state index contributed by atoms with van der Waals surface area (Å²) in [6.45, 7) is 0.370. The number of hydrogen-bond acceptors (Lipinski definition) is 7. The fourth-order valence-corrected chi connectivity index (χ4v) is 4.74. The first kappa shape index (κ1) is 22.6. The molecule has 1 aromatic carbocycles. The molecular weight excluding hydrogens is 483 g/mol. The zero-order chi connectivity index (χ0) is 22.9. The Morgan fingerprint density at radius 2 is 2.16 bits per heavy atom. The molecule has 1 saturated heterocycles. The fraction of sp³-hybridized carbons (Fsp3) is 0.278. The molecule has 11 nitrogen and oxygen atoms in total. The van der Waals surface area contributed by atoms with Crippen LogP contribution in [0.25, 0.3) is 16.6 Å². The fourth-order valence-electron chi connectivity index (χ4n) is 3.35. The van der Waals surface area contributed by atoms with Crippen LogP contribution >= 0.6 is 23.2 Å². The summed E-state index contributed by atoms with van der Waals surface area (Å²) in [5.41, 5.74) is 1.26.